The lowest BCUT2D eigenvalue weighted by Crippen LogP contribution is -2.52. The van der Waals surface area contributed by atoms with Crippen LogP contribution in [0, 0.1) is 5.92 Å². The Kier molecular flexibility index (Phi) is 8.84. The molecule has 6 heterocycles. The smallest absolute Gasteiger partial charge is 0.323 e. The van der Waals surface area contributed by atoms with Crippen molar-refractivity contribution in [2.45, 2.75) is 61.7 Å². The molecule has 6 fully saturated rings. The number of fused-ring (bicyclic) bond motifs is 4. The number of hydrogen-bond acceptors (Lipinski definition) is 10. The van der Waals surface area contributed by atoms with Crippen LogP contribution in [0.3, 0.4) is 0 Å². The molecule has 0 radical (unpaired) electrons. The molecule has 5 aliphatic heterocycles. The van der Waals surface area contributed by atoms with Crippen LogP contribution in [0.15, 0.2) is 48.5 Å². The number of carbonyl (C=O) groups excluding carboxylic acids is 2. The van der Waals surface area contributed by atoms with Crippen LogP contribution in [0.5, 0.6) is 0 Å². The molecule has 5 saturated heterocycles. The van der Waals surface area contributed by atoms with E-state index in [9.17, 15) is 9.59 Å². The molecule has 1 saturated carbocycles. The predicted octanol–water partition coefficient (Wildman–Crippen LogP) is 4.58. The normalized spacial score (nSPS) is 27.2. The summed E-state index contributed by atoms with van der Waals surface area (Å²) in [6, 6.07) is 8.82. The molecule has 4 atom stereocenters. The zero-order valence-electron chi connectivity index (χ0n) is 29.5. The van der Waals surface area contributed by atoms with E-state index in [1.54, 1.807) is 48.5 Å². The molecular weight excluding hydrogens is 710 g/mol. The fourth-order valence-corrected chi connectivity index (χ4v) is 8.32. The number of urea groups is 1. The summed E-state index contributed by atoms with van der Waals surface area (Å²) in [6.45, 7) is 3.97. The summed E-state index contributed by atoms with van der Waals surface area (Å²) in [4.78, 5) is 46.9. The number of ether oxygens (including phenoxy) is 2. The molecule has 2 aromatic carbocycles. The summed E-state index contributed by atoms with van der Waals surface area (Å²) in [7, 11) is 0. The van der Waals surface area contributed by atoms with E-state index in [2.05, 4.69) is 30.5 Å². The molecule has 0 spiro atoms. The van der Waals surface area contributed by atoms with Crippen LogP contribution in [0.1, 0.15) is 36.0 Å². The van der Waals surface area contributed by atoms with Crippen molar-refractivity contribution in [3.8, 4) is 11.4 Å². The summed E-state index contributed by atoms with van der Waals surface area (Å²) < 4.78 is 71.0. The molecule has 1 aliphatic carbocycles. The van der Waals surface area contributed by atoms with Crippen molar-refractivity contribution >= 4 is 35.2 Å². The first-order valence-electron chi connectivity index (χ1n) is 18.5. The highest BCUT2D eigenvalue weighted by molar-refractivity contribution is 6.00. The standard InChI is InChI=1S/C37H41F4N9O4/c38-36(39)15-27-18-53-20-29(36)49(27)33-44-31(45-34(46-33)50-28-16-37(40,41)30(50)21-54-19-28)23-3-7-25(8-4-23)42-35(52)43-26-9-5-24(6-10-26)32(51)48-13-11-47(12-14-48)17-22-1-2-22/h3-10,22,27-30H,1-2,11-21H2,(H2,42,43,52). The Labute approximate surface area is 309 Å². The van der Waals surface area contributed by atoms with E-state index in [1.165, 1.54) is 22.6 Å². The Hall–Kier alpha value is -4.61. The summed E-state index contributed by atoms with van der Waals surface area (Å²) in [5.74, 6) is -5.23. The van der Waals surface area contributed by atoms with Gasteiger partial charge in [0.15, 0.2) is 5.82 Å². The van der Waals surface area contributed by atoms with Gasteiger partial charge in [0.1, 0.15) is 12.1 Å². The van der Waals surface area contributed by atoms with Gasteiger partial charge in [-0.1, -0.05) is 0 Å². The van der Waals surface area contributed by atoms with Crippen molar-refractivity contribution in [3.63, 3.8) is 0 Å². The van der Waals surface area contributed by atoms with Crippen LogP contribution in [-0.2, 0) is 9.47 Å². The average Bonchev–Trinajstić information content (AvgIpc) is 3.94. The Morgan fingerprint density at radius 1 is 0.704 bits per heavy atom. The first kappa shape index (κ1) is 35.1. The number of nitrogens with zero attached hydrogens (tertiary/aromatic N) is 7. The number of hydrogen-bond donors (Lipinski definition) is 2. The first-order valence-corrected chi connectivity index (χ1v) is 18.5. The highest BCUT2D eigenvalue weighted by atomic mass is 19.3. The van der Waals surface area contributed by atoms with E-state index in [0.717, 1.165) is 25.6 Å². The number of aromatic nitrogens is 3. The van der Waals surface area contributed by atoms with Gasteiger partial charge in [0, 0.05) is 68.1 Å². The van der Waals surface area contributed by atoms with Crippen LogP contribution in [0.25, 0.3) is 11.4 Å². The number of carbonyl (C=O) groups is 2. The van der Waals surface area contributed by atoms with Crippen LogP contribution in [-0.4, -0.2) is 132 Å². The van der Waals surface area contributed by atoms with Gasteiger partial charge in [-0.15, -0.1) is 0 Å². The maximum absolute atomic E-state index is 15.0. The minimum absolute atomic E-state index is 0.0274. The van der Waals surface area contributed by atoms with Crippen molar-refractivity contribution in [1.29, 1.82) is 0 Å². The predicted molar refractivity (Wildman–Crippen MR) is 190 cm³/mol. The third-order valence-corrected chi connectivity index (χ3v) is 11.4. The van der Waals surface area contributed by atoms with Crippen molar-refractivity contribution in [3.05, 3.63) is 54.1 Å². The zero-order chi connectivity index (χ0) is 37.2. The van der Waals surface area contributed by atoms with Gasteiger partial charge in [-0.05, 0) is 67.3 Å². The quantitative estimate of drug-likeness (QED) is 0.316. The monoisotopic (exact) mass is 751 g/mol. The molecule has 286 valence electrons. The Morgan fingerprint density at radius 3 is 1.72 bits per heavy atom. The van der Waals surface area contributed by atoms with E-state index in [-0.39, 0.29) is 50.1 Å². The lowest BCUT2D eigenvalue weighted by molar-refractivity contribution is -0.0248. The summed E-state index contributed by atoms with van der Waals surface area (Å²) in [5, 5.41) is 5.54. The topological polar surface area (TPSA) is 128 Å². The van der Waals surface area contributed by atoms with Gasteiger partial charge in [0.05, 0.1) is 38.5 Å². The fourth-order valence-electron chi connectivity index (χ4n) is 8.32. The van der Waals surface area contributed by atoms with Gasteiger partial charge in [0.25, 0.3) is 17.8 Å². The maximum Gasteiger partial charge on any atom is 0.323 e. The second-order valence-corrected chi connectivity index (χ2v) is 15.2. The number of nitrogens with one attached hydrogen (secondary N) is 2. The van der Waals surface area contributed by atoms with Crippen LogP contribution in [0.4, 0.5) is 45.6 Å². The van der Waals surface area contributed by atoms with Crippen molar-refractivity contribution in [2.24, 2.45) is 5.92 Å². The molecule has 4 bridgehead atoms. The highest BCUT2D eigenvalue weighted by Crippen LogP contribution is 2.46. The fraction of sp³-hybridized carbons (Fsp3) is 0.541. The van der Waals surface area contributed by atoms with E-state index in [0.29, 0.717) is 35.6 Å². The first-order chi connectivity index (χ1) is 26.0. The lowest BCUT2D eigenvalue weighted by atomic mass is 10.1. The number of alkyl halides is 4. The zero-order valence-corrected chi connectivity index (χ0v) is 29.5. The lowest BCUT2D eigenvalue weighted by Gasteiger charge is -2.37. The second-order valence-electron chi connectivity index (χ2n) is 15.2. The summed E-state index contributed by atoms with van der Waals surface area (Å²) >= 11 is 0. The summed E-state index contributed by atoms with van der Waals surface area (Å²) in [6.07, 6.45) is 1.75. The molecule has 2 N–H and O–H groups in total. The van der Waals surface area contributed by atoms with Gasteiger partial charge in [0.2, 0.25) is 11.9 Å². The molecule has 13 nitrogen and oxygen atoms in total. The second kappa shape index (κ2) is 13.6. The number of anilines is 4. The largest absolute Gasteiger partial charge is 0.377 e. The molecule has 3 aromatic rings. The average molecular weight is 752 g/mol. The Balaban J connectivity index is 0.887. The van der Waals surface area contributed by atoms with Gasteiger partial charge in [-0.2, -0.15) is 15.0 Å². The molecule has 54 heavy (non-hydrogen) atoms. The number of piperazine rings is 1. The molecule has 4 unspecified atom stereocenters. The molecule has 1 aromatic heterocycles. The molecule has 17 heteroatoms. The van der Waals surface area contributed by atoms with Gasteiger partial charge >= 0.3 is 6.03 Å². The van der Waals surface area contributed by atoms with Crippen LogP contribution < -0.4 is 20.4 Å². The number of benzene rings is 2. The number of halogens is 4. The third kappa shape index (κ3) is 6.81. The maximum atomic E-state index is 15.0. The highest BCUT2D eigenvalue weighted by Gasteiger charge is 2.59. The van der Waals surface area contributed by atoms with Crippen molar-refractivity contribution in [2.75, 3.05) is 79.6 Å². The molecular formula is C37H41F4N9O4. The Morgan fingerprint density at radius 2 is 1.22 bits per heavy atom. The van der Waals surface area contributed by atoms with Crippen LogP contribution >= 0.6 is 0 Å². The van der Waals surface area contributed by atoms with Crippen molar-refractivity contribution in [1.82, 2.24) is 24.8 Å². The van der Waals surface area contributed by atoms with E-state index in [1.807, 2.05) is 4.90 Å². The molecule has 9 rings (SSSR count). The van der Waals surface area contributed by atoms with E-state index >= 15 is 17.6 Å². The van der Waals surface area contributed by atoms with E-state index < -0.39 is 54.9 Å². The number of morpholine rings is 2. The minimum atomic E-state index is -3.04. The SMILES string of the molecule is O=C(Nc1ccc(C(=O)N2CCN(CC3CC3)CC2)cc1)Nc1ccc(-c2nc(N3C4COCC3C(F)(F)C4)nc(N3C4COCC3C(F)(F)C4)n2)cc1. The third-order valence-electron chi connectivity index (χ3n) is 11.4. The summed E-state index contributed by atoms with van der Waals surface area (Å²) in [5.41, 5.74) is 1.97. The van der Waals surface area contributed by atoms with Crippen molar-refractivity contribution < 1.29 is 36.6 Å². The minimum Gasteiger partial charge on any atom is -0.377 e. The van der Waals surface area contributed by atoms with E-state index in [4.69, 9.17) is 9.47 Å². The van der Waals surface area contributed by atoms with Gasteiger partial charge in [-0.25, -0.2) is 22.4 Å². The number of amides is 3. The Bertz CT molecular complexity index is 1830. The van der Waals surface area contributed by atoms with Crippen LogP contribution in [0.2, 0.25) is 0 Å². The molecule has 3 amide bonds. The molecule has 6 aliphatic rings. The van der Waals surface area contributed by atoms with Gasteiger partial charge in [-0.3, -0.25) is 9.69 Å². The van der Waals surface area contributed by atoms with Gasteiger partial charge < -0.3 is 34.8 Å². The number of rotatable bonds is 8.